The molecule has 1 aromatic carbocycles. The largest absolute Gasteiger partial charge is 0.477 e. The average molecular weight is 287 g/mol. The quantitative estimate of drug-likeness (QED) is 0.884. The van der Waals surface area contributed by atoms with Crippen molar-refractivity contribution in [2.24, 2.45) is 0 Å². The van der Waals surface area contributed by atoms with E-state index in [0.29, 0.717) is 24.1 Å². The molecule has 112 valence electrons. The molecule has 0 aliphatic heterocycles. The third-order valence-electron chi connectivity index (χ3n) is 3.26. The maximum atomic E-state index is 5.82. The van der Waals surface area contributed by atoms with E-state index in [9.17, 15) is 0 Å². The molecule has 2 rings (SSSR count). The number of nitrogens with two attached hydrogens (primary N) is 1. The Hall–Kier alpha value is -2.14. The number of aromatic nitrogens is 2. The number of ether oxygens (including phenoxy) is 2. The molecule has 0 saturated heterocycles. The van der Waals surface area contributed by atoms with Crippen molar-refractivity contribution in [1.82, 2.24) is 9.97 Å². The fourth-order valence-electron chi connectivity index (χ4n) is 1.74. The van der Waals surface area contributed by atoms with Gasteiger partial charge < -0.3 is 15.2 Å². The summed E-state index contributed by atoms with van der Waals surface area (Å²) in [6.07, 6.45) is 0.758. The summed E-state index contributed by atoms with van der Waals surface area (Å²) in [4.78, 5) is 8.63. The van der Waals surface area contributed by atoms with Crippen LogP contribution in [0.15, 0.2) is 36.4 Å². The fraction of sp³-hybridized carbons (Fsp3) is 0.375. The molecule has 0 atom stereocenters. The van der Waals surface area contributed by atoms with E-state index < -0.39 is 0 Å². The SMILES string of the molecule is COC(C)(C)CCOc1cc(N)nc(-c2ccccc2)n1. The highest BCUT2D eigenvalue weighted by molar-refractivity contribution is 5.57. The van der Waals surface area contributed by atoms with Gasteiger partial charge in [-0.25, -0.2) is 4.98 Å². The Kier molecular flexibility index (Phi) is 4.75. The maximum Gasteiger partial charge on any atom is 0.219 e. The Balaban J connectivity index is 2.09. The smallest absolute Gasteiger partial charge is 0.219 e. The molecule has 0 radical (unpaired) electrons. The summed E-state index contributed by atoms with van der Waals surface area (Å²) in [5.41, 5.74) is 6.51. The molecule has 0 amide bonds. The number of hydrogen-bond donors (Lipinski definition) is 1. The van der Waals surface area contributed by atoms with Gasteiger partial charge in [-0.3, -0.25) is 0 Å². The van der Waals surface area contributed by atoms with Gasteiger partial charge in [0.1, 0.15) is 5.82 Å². The molecule has 0 aliphatic carbocycles. The third kappa shape index (κ3) is 4.43. The van der Waals surface area contributed by atoms with E-state index in [2.05, 4.69) is 9.97 Å². The van der Waals surface area contributed by atoms with Crippen LogP contribution in [-0.4, -0.2) is 29.3 Å². The first-order chi connectivity index (χ1) is 10.00. The van der Waals surface area contributed by atoms with Gasteiger partial charge >= 0.3 is 0 Å². The summed E-state index contributed by atoms with van der Waals surface area (Å²) in [7, 11) is 1.69. The topological polar surface area (TPSA) is 70.3 Å². The summed E-state index contributed by atoms with van der Waals surface area (Å²) < 4.78 is 11.0. The van der Waals surface area contributed by atoms with Crippen molar-refractivity contribution in [1.29, 1.82) is 0 Å². The molecule has 1 heterocycles. The predicted molar refractivity (Wildman–Crippen MR) is 83.1 cm³/mol. The van der Waals surface area contributed by atoms with Crippen LogP contribution in [0.2, 0.25) is 0 Å². The first-order valence-electron chi connectivity index (χ1n) is 6.88. The molecule has 0 fully saturated rings. The van der Waals surface area contributed by atoms with Gasteiger partial charge in [0.2, 0.25) is 5.88 Å². The summed E-state index contributed by atoms with van der Waals surface area (Å²) in [6, 6.07) is 11.3. The Labute approximate surface area is 125 Å². The van der Waals surface area contributed by atoms with E-state index >= 15 is 0 Å². The second kappa shape index (κ2) is 6.54. The van der Waals surface area contributed by atoms with Crippen LogP contribution in [0.1, 0.15) is 20.3 Å². The molecule has 2 aromatic rings. The molecule has 1 aromatic heterocycles. The van der Waals surface area contributed by atoms with Gasteiger partial charge in [-0.2, -0.15) is 4.98 Å². The van der Waals surface area contributed by atoms with Gasteiger partial charge in [0.05, 0.1) is 12.2 Å². The van der Waals surface area contributed by atoms with Crippen molar-refractivity contribution in [2.75, 3.05) is 19.5 Å². The molecule has 0 bridgehead atoms. The van der Waals surface area contributed by atoms with E-state index in [0.717, 1.165) is 12.0 Å². The van der Waals surface area contributed by atoms with Gasteiger partial charge in [0.25, 0.3) is 0 Å². The lowest BCUT2D eigenvalue weighted by Crippen LogP contribution is -2.25. The zero-order valence-corrected chi connectivity index (χ0v) is 12.7. The van der Waals surface area contributed by atoms with Gasteiger partial charge in [-0.1, -0.05) is 30.3 Å². The predicted octanol–water partition coefficient (Wildman–Crippen LogP) is 2.92. The lowest BCUT2D eigenvalue weighted by molar-refractivity contribution is 0.00510. The van der Waals surface area contributed by atoms with E-state index in [-0.39, 0.29) is 5.60 Å². The number of nitrogen functional groups attached to an aromatic ring is 1. The Morgan fingerprint density at radius 3 is 2.52 bits per heavy atom. The molecule has 0 aliphatic rings. The number of rotatable bonds is 6. The minimum absolute atomic E-state index is 0.221. The van der Waals surface area contributed by atoms with Gasteiger partial charge in [-0.05, 0) is 13.8 Å². The number of anilines is 1. The van der Waals surface area contributed by atoms with Gasteiger partial charge in [-0.15, -0.1) is 0 Å². The standard InChI is InChI=1S/C16H21N3O2/c1-16(2,20-3)9-10-21-14-11-13(17)18-15(19-14)12-7-5-4-6-8-12/h4-8,11H,9-10H2,1-3H3,(H2,17,18,19). The van der Waals surface area contributed by atoms with E-state index in [1.165, 1.54) is 0 Å². The minimum Gasteiger partial charge on any atom is -0.477 e. The summed E-state index contributed by atoms with van der Waals surface area (Å²) in [5.74, 6) is 1.44. The lowest BCUT2D eigenvalue weighted by Gasteiger charge is -2.22. The number of methoxy groups -OCH3 is 1. The molecular weight excluding hydrogens is 266 g/mol. The molecule has 21 heavy (non-hydrogen) atoms. The first kappa shape index (κ1) is 15.3. The molecule has 2 N–H and O–H groups in total. The Morgan fingerprint density at radius 1 is 1.14 bits per heavy atom. The summed E-state index contributed by atoms with van der Waals surface area (Å²) in [5, 5.41) is 0. The number of nitrogens with zero attached hydrogens (tertiary/aromatic N) is 2. The van der Waals surface area contributed by atoms with Crippen molar-refractivity contribution in [3.8, 4) is 17.3 Å². The van der Waals surface area contributed by atoms with Crippen LogP contribution in [0.25, 0.3) is 11.4 Å². The molecule has 5 heteroatoms. The average Bonchev–Trinajstić information content (AvgIpc) is 2.47. The van der Waals surface area contributed by atoms with Crippen molar-refractivity contribution in [2.45, 2.75) is 25.9 Å². The summed E-state index contributed by atoms with van der Waals surface area (Å²) in [6.45, 7) is 4.53. The maximum absolute atomic E-state index is 5.82. The van der Waals surface area contributed by atoms with Gasteiger partial charge in [0, 0.05) is 25.2 Å². The highest BCUT2D eigenvalue weighted by atomic mass is 16.5. The second-order valence-electron chi connectivity index (χ2n) is 5.38. The first-order valence-corrected chi connectivity index (χ1v) is 6.88. The second-order valence-corrected chi connectivity index (χ2v) is 5.38. The lowest BCUT2D eigenvalue weighted by atomic mass is 10.1. The fourth-order valence-corrected chi connectivity index (χ4v) is 1.74. The van der Waals surface area contributed by atoms with Crippen LogP contribution >= 0.6 is 0 Å². The minimum atomic E-state index is -0.221. The van der Waals surface area contributed by atoms with Crippen LogP contribution in [0, 0.1) is 0 Å². The van der Waals surface area contributed by atoms with Crippen molar-refractivity contribution < 1.29 is 9.47 Å². The van der Waals surface area contributed by atoms with Gasteiger partial charge in [0.15, 0.2) is 5.82 Å². The van der Waals surface area contributed by atoms with Crippen LogP contribution in [0.4, 0.5) is 5.82 Å². The highest BCUT2D eigenvalue weighted by Gasteiger charge is 2.16. The van der Waals surface area contributed by atoms with Crippen molar-refractivity contribution >= 4 is 5.82 Å². The van der Waals surface area contributed by atoms with Crippen molar-refractivity contribution in [3.05, 3.63) is 36.4 Å². The van der Waals surface area contributed by atoms with Crippen LogP contribution in [0.3, 0.4) is 0 Å². The zero-order chi connectivity index (χ0) is 15.3. The molecule has 0 unspecified atom stereocenters. The van der Waals surface area contributed by atoms with Crippen molar-refractivity contribution in [3.63, 3.8) is 0 Å². The highest BCUT2D eigenvalue weighted by Crippen LogP contribution is 2.20. The monoisotopic (exact) mass is 287 g/mol. The number of benzene rings is 1. The summed E-state index contributed by atoms with van der Waals surface area (Å²) >= 11 is 0. The third-order valence-corrected chi connectivity index (χ3v) is 3.26. The normalized spacial score (nSPS) is 11.4. The Bertz CT molecular complexity index is 585. The van der Waals surface area contributed by atoms with E-state index in [1.807, 2.05) is 44.2 Å². The van der Waals surface area contributed by atoms with Crippen LogP contribution in [-0.2, 0) is 4.74 Å². The van der Waals surface area contributed by atoms with Crippen LogP contribution < -0.4 is 10.5 Å². The van der Waals surface area contributed by atoms with Crippen LogP contribution in [0.5, 0.6) is 5.88 Å². The zero-order valence-electron chi connectivity index (χ0n) is 12.7. The number of hydrogen-bond acceptors (Lipinski definition) is 5. The molecule has 5 nitrogen and oxygen atoms in total. The molecule has 0 saturated carbocycles. The van der Waals surface area contributed by atoms with E-state index in [4.69, 9.17) is 15.2 Å². The molecular formula is C16H21N3O2. The Morgan fingerprint density at radius 2 is 1.86 bits per heavy atom. The van der Waals surface area contributed by atoms with E-state index in [1.54, 1.807) is 13.2 Å². The molecule has 0 spiro atoms.